The molecule has 1 aromatic carbocycles. The van der Waals surface area contributed by atoms with Crippen molar-refractivity contribution in [1.82, 2.24) is 0 Å². The summed E-state index contributed by atoms with van der Waals surface area (Å²) in [4.78, 5) is 0. The van der Waals surface area contributed by atoms with Gasteiger partial charge < -0.3 is 11.1 Å². The van der Waals surface area contributed by atoms with Crippen molar-refractivity contribution in [3.05, 3.63) is 23.8 Å². The van der Waals surface area contributed by atoms with Crippen molar-refractivity contribution in [3.63, 3.8) is 0 Å². The highest BCUT2D eigenvalue weighted by Gasteiger charge is 2.32. The van der Waals surface area contributed by atoms with Gasteiger partial charge in [0.15, 0.2) is 0 Å². The van der Waals surface area contributed by atoms with E-state index in [-0.39, 0.29) is 11.7 Å². The first-order chi connectivity index (χ1) is 8.79. The fourth-order valence-electron chi connectivity index (χ4n) is 2.64. The third-order valence-corrected chi connectivity index (χ3v) is 4.19. The number of benzene rings is 1. The summed E-state index contributed by atoms with van der Waals surface area (Å²) in [5.74, 6) is 1.13. The third kappa shape index (κ3) is 2.96. The number of rotatable bonds is 2. The topological polar surface area (TPSA) is 38.0 Å². The van der Waals surface area contributed by atoms with Gasteiger partial charge in [0.2, 0.25) is 0 Å². The van der Waals surface area contributed by atoms with Crippen molar-refractivity contribution in [2.24, 2.45) is 11.8 Å². The van der Waals surface area contributed by atoms with Gasteiger partial charge in [0.25, 0.3) is 0 Å². The lowest BCUT2D eigenvalue weighted by molar-refractivity contribution is -0.137. The maximum Gasteiger partial charge on any atom is 0.416 e. The fourth-order valence-corrected chi connectivity index (χ4v) is 2.64. The molecule has 2 rings (SSSR count). The molecule has 2 nitrogen and oxygen atoms in total. The smallest absolute Gasteiger partial charge is 0.397 e. The first-order valence-corrected chi connectivity index (χ1v) is 6.52. The number of halogens is 3. The van der Waals surface area contributed by atoms with Crippen molar-refractivity contribution >= 4 is 11.4 Å². The largest absolute Gasteiger partial charge is 0.416 e. The molecule has 5 heteroatoms. The Morgan fingerprint density at radius 1 is 1.21 bits per heavy atom. The Morgan fingerprint density at radius 2 is 1.89 bits per heavy atom. The molecule has 106 valence electrons. The van der Waals surface area contributed by atoms with E-state index < -0.39 is 11.7 Å². The van der Waals surface area contributed by atoms with Crippen LogP contribution in [0.5, 0.6) is 0 Å². The van der Waals surface area contributed by atoms with E-state index in [0.717, 1.165) is 25.0 Å². The Balaban J connectivity index is 2.14. The minimum Gasteiger partial charge on any atom is -0.397 e. The van der Waals surface area contributed by atoms with Crippen LogP contribution in [0.4, 0.5) is 24.5 Å². The summed E-state index contributed by atoms with van der Waals surface area (Å²) in [5, 5.41) is 3.28. The zero-order valence-electron chi connectivity index (χ0n) is 11.1. The quantitative estimate of drug-likeness (QED) is 0.794. The van der Waals surface area contributed by atoms with Gasteiger partial charge in [-0.05, 0) is 42.9 Å². The Hall–Kier alpha value is -1.39. The molecule has 1 aliphatic carbocycles. The van der Waals surface area contributed by atoms with Gasteiger partial charge in [0, 0.05) is 6.04 Å². The Kier molecular flexibility index (Phi) is 3.65. The molecule has 0 aliphatic heterocycles. The SMILES string of the molecule is CC1CCC(Nc2ccc(C(F)(F)F)cc2N)C1C. The Labute approximate surface area is 111 Å². The van der Waals surface area contributed by atoms with Crippen molar-refractivity contribution in [3.8, 4) is 0 Å². The third-order valence-electron chi connectivity index (χ3n) is 4.19. The lowest BCUT2D eigenvalue weighted by Crippen LogP contribution is -2.24. The van der Waals surface area contributed by atoms with Gasteiger partial charge in [0.1, 0.15) is 0 Å². The molecule has 3 atom stereocenters. The van der Waals surface area contributed by atoms with Crippen molar-refractivity contribution in [2.45, 2.75) is 38.9 Å². The lowest BCUT2D eigenvalue weighted by Gasteiger charge is -2.22. The zero-order valence-corrected chi connectivity index (χ0v) is 11.1. The van der Waals surface area contributed by atoms with E-state index in [0.29, 0.717) is 17.5 Å². The van der Waals surface area contributed by atoms with Crippen molar-refractivity contribution in [2.75, 3.05) is 11.1 Å². The highest BCUT2D eigenvalue weighted by molar-refractivity contribution is 5.67. The maximum absolute atomic E-state index is 12.5. The summed E-state index contributed by atoms with van der Waals surface area (Å²) in [5.41, 5.74) is 5.76. The number of hydrogen-bond acceptors (Lipinski definition) is 2. The van der Waals surface area contributed by atoms with Crippen molar-refractivity contribution in [1.29, 1.82) is 0 Å². The molecule has 0 amide bonds. The van der Waals surface area contributed by atoms with Crippen molar-refractivity contribution < 1.29 is 13.2 Å². The summed E-state index contributed by atoms with van der Waals surface area (Å²) in [6.07, 6.45) is -2.18. The molecular formula is C14H19F3N2. The molecule has 3 N–H and O–H groups in total. The van der Waals surface area contributed by atoms with Gasteiger partial charge in [-0.25, -0.2) is 0 Å². The average Bonchev–Trinajstić information content (AvgIpc) is 2.62. The van der Waals surface area contributed by atoms with Gasteiger partial charge in [-0.2, -0.15) is 13.2 Å². The van der Waals surface area contributed by atoms with Gasteiger partial charge in [-0.1, -0.05) is 13.8 Å². The molecule has 0 bridgehead atoms. The summed E-state index contributed by atoms with van der Waals surface area (Å²) >= 11 is 0. The van der Waals surface area contributed by atoms with E-state index in [2.05, 4.69) is 19.2 Å². The summed E-state index contributed by atoms with van der Waals surface area (Å²) in [6, 6.07) is 3.77. The Bertz CT molecular complexity index is 456. The second kappa shape index (κ2) is 4.94. The van der Waals surface area contributed by atoms with Crippen LogP contribution in [-0.4, -0.2) is 6.04 Å². The van der Waals surface area contributed by atoms with Crippen LogP contribution in [0.15, 0.2) is 18.2 Å². The molecule has 0 heterocycles. The van der Waals surface area contributed by atoms with E-state index in [1.165, 1.54) is 6.07 Å². The number of alkyl halides is 3. The fraction of sp³-hybridized carbons (Fsp3) is 0.571. The lowest BCUT2D eigenvalue weighted by atomic mass is 9.97. The van der Waals surface area contributed by atoms with E-state index >= 15 is 0 Å². The van der Waals surface area contributed by atoms with Crippen LogP contribution in [0.3, 0.4) is 0 Å². The van der Waals surface area contributed by atoms with Crippen LogP contribution < -0.4 is 11.1 Å². The van der Waals surface area contributed by atoms with E-state index in [4.69, 9.17) is 5.73 Å². The summed E-state index contributed by atoms with van der Waals surface area (Å²) in [7, 11) is 0. The molecule has 3 unspecified atom stereocenters. The molecule has 0 aromatic heterocycles. The minimum atomic E-state index is -4.35. The van der Waals surface area contributed by atoms with Gasteiger partial charge in [-0.3, -0.25) is 0 Å². The number of anilines is 2. The van der Waals surface area contributed by atoms with Gasteiger partial charge in [-0.15, -0.1) is 0 Å². The monoisotopic (exact) mass is 272 g/mol. The standard InChI is InChI=1S/C14H19F3N2/c1-8-3-5-12(9(8)2)19-13-6-4-10(7-11(13)18)14(15,16)17/h4,6-9,12,19H,3,5,18H2,1-2H3. The molecule has 0 saturated heterocycles. The predicted molar refractivity (Wildman–Crippen MR) is 70.8 cm³/mol. The second-order valence-electron chi connectivity index (χ2n) is 5.46. The average molecular weight is 272 g/mol. The van der Waals surface area contributed by atoms with E-state index in [9.17, 15) is 13.2 Å². The van der Waals surface area contributed by atoms with Crippen LogP contribution in [0.25, 0.3) is 0 Å². The highest BCUT2D eigenvalue weighted by atomic mass is 19.4. The molecule has 0 spiro atoms. The first kappa shape index (κ1) is 14.0. The maximum atomic E-state index is 12.5. The molecule has 0 radical (unpaired) electrons. The van der Waals surface area contributed by atoms with Crippen LogP contribution in [0.1, 0.15) is 32.3 Å². The molecule has 1 fully saturated rings. The Morgan fingerprint density at radius 3 is 2.37 bits per heavy atom. The molecular weight excluding hydrogens is 253 g/mol. The van der Waals surface area contributed by atoms with E-state index in [1.54, 1.807) is 0 Å². The van der Waals surface area contributed by atoms with Crippen LogP contribution in [-0.2, 0) is 6.18 Å². The van der Waals surface area contributed by atoms with Gasteiger partial charge >= 0.3 is 6.18 Å². The first-order valence-electron chi connectivity index (χ1n) is 6.52. The van der Waals surface area contributed by atoms with Crippen LogP contribution >= 0.6 is 0 Å². The summed E-state index contributed by atoms with van der Waals surface area (Å²) in [6.45, 7) is 4.36. The highest BCUT2D eigenvalue weighted by Crippen LogP contribution is 2.36. The predicted octanol–water partition coefficient (Wildman–Crippen LogP) is 4.13. The molecule has 1 aromatic rings. The number of nitrogen functional groups attached to an aromatic ring is 1. The molecule has 1 saturated carbocycles. The number of nitrogens with one attached hydrogen (secondary N) is 1. The number of hydrogen-bond donors (Lipinski definition) is 2. The van der Waals surface area contributed by atoms with Crippen LogP contribution in [0, 0.1) is 11.8 Å². The summed E-state index contributed by atoms with van der Waals surface area (Å²) < 4.78 is 37.6. The normalized spacial score (nSPS) is 27.5. The second-order valence-corrected chi connectivity index (χ2v) is 5.46. The van der Waals surface area contributed by atoms with Gasteiger partial charge in [0.05, 0.1) is 16.9 Å². The number of nitrogens with two attached hydrogens (primary N) is 1. The minimum absolute atomic E-state index is 0.154. The molecule has 1 aliphatic rings. The van der Waals surface area contributed by atoms with Crippen LogP contribution in [0.2, 0.25) is 0 Å². The molecule has 19 heavy (non-hydrogen) atoms. The zero-order chi connectivity index (χ0) is 14.2. The van der Waals surface area contributed by atoms with E-state index in [1.807, 2.05) is 0 Å².